The summed E-state index contributed by atoms with van der Waals surface area (Å²) in [7, 11) is -3.67. The van der Waals surface area contributed by atoms with Crippen LogP contribution in [0.4, 0.5) is 0 Å². The maximum Gasteiger partial charge on any atom is 0.268 e. The summed E-state index contributed by atoms with van der Waals surface area (Å²) < 4.78 is 29.1. The third-order valence-electron chi connectivity index (χ3n) is 4.47. The Labute approximate surface area is 149 Å². The van der Waals surface area contributed by atoms with E-state index >= 15 is 0 Å². The maximum absolute atomic E-state index is 13.4. The Balaban J connectivity index is 2.05. The lowest BCUT2D eigenvalue weighted by Crippen LogP contribution is -2.22. The highest BCUT2D eigenvalue weighted by Gasteiger charge is 2.31. The van der Waals surface area contributed by atoms with Gasteiger partial charge in [-0.05, 0) is 53.5 Å². The van der Waals surface area contributed by atoms with Crippen LogP contribution < -0.4 is 5.32 Å². The first-order chi connectivity index (χ1) is 11.6. The molecule has 24 heavy (non-hydrogen) atoms. The van der Waals surface area contributed by atoms with Gasteiger partial charge < -0.3 is 5.32 Å². The summed E-state index contributed by atoms with van der Waals surface area (Å²) in [5.74, 6) is 0. The van der Waals surface area contributed by atoms with Crippen LogP contribution in [-0.2, 0) is 10.0 Å². The molecule has 124 valence electrons. The molecule has 1 aliphatic rings. The number of para-hydroxylation sites is 1. The molecule has 4 rings (SSSR count). The van der Waals surface area contributed by atoms with Gasteiger partial charge in [-0.3, -0.25) is 0 Å². The van der Waals surface area contributed by atoms with Gasteiger partial charge in [0.1, 0.15) is 0 Å². The molecule has 1 fully saturated rings. The minimum atomic E-state index is -3.67. The van der Waals surface area contributed by atoms with Crippen LogP contribution >= 0.6 is 15.9 Å². The van der Waals surface area contributed by atoms with E-state index in [2.05, 4.69) is 21.2 Å². The van der Waals surface area contributed by atoms with E-state index in [1.54, 1.807) is 24.3 Å². The average molecular weight is 405 g/mol. The van der Waals surface area contributed by atoms with E-state index in [-0.39, 0.29) is 6.04 Å². The van der Waals surface area contributed by atoms with Crippen molar-refractivity contribution >= 4 is 36.9 Å². The van der Waals surface area contributed by atoms with Crippen molar-refractivity contribution in [2.75, 3.05) is 6.54 Å². The van der Waals surface area contributed by atoms with Crippen LogP contribution in [0, 0.1) is 0 Å². The van der Waals surface area contributed by atoms with Gasteiger partial charge in [-0.25, -0.2) is 12.4 Å². The van der Waals surface area contributed by atoms with Gasteiger partial charge >= 0.3 is 0 Å². The first-order valence-corrected chi connectivity index (χ1v) is 10.2. The number of rotatable bonds is 3. The van der Waals surface area contributed by atoms with Crippen molar-refractivity contribution in [3.05, 3.63) is 64.8 Å². The summed E-state index contributed by atoms with van der Waals surface area (Å²) in [4.78, 5) is 0.303. The number of halogens is 1. The van der Waals surface area contributed by atoms with Crippen molar-refractivity contribution in [2.24, 2.45) is 0 Å². The predicted octanol–water partition coefficient (Wildman–Crippen LogP) is 4.07. The molecule has 1 atom stereocenters. The lowest BCUT2D eigenvalue weighted by atomic mass is 10.1. The number of fused-ring (bicyclic) bond motifs is 1. The standard InChI is InChI=1S/C18H17BrN2O2S/c19-17-14-9-4-5-11-16(14)21(18(17)15-10-6-12-20-15)24(22,23)13-7-2-1-3-8-13/h1-5,7-9,11,15,20H,6,10,12H2. The lowest BCUT2D eigenvalue weighted by molar-refractivity contribution is 0.573. The molecule has 1 unspecified atom stereocenters. The SMILES string of the molecule is O=S(=O)(c1ccccc1)n1c(C2CCCN2)c(Br)c2ccccc21. The Morgan fingerprint density at radius 1 is 1.04 bits per heavy atom. The highest BCUT2D eigenvalue weighted by Crippen LogP contribution is 2.39. The van der Waals surface area contributed by atoms with Crippen molar-refractivity contribution in [2.45, 2.75) is 23.8 Å². The zero-order chi connectivity index (χ0) is 16.7. The van der Waals surface area contributed by atoms with Gasteiger partial charge in [0.15, 0.2) is 0 Å². The van der Waals surface area contributed by atoms with E-state index in [1.807, 2.05) is 30.3 Å². The monoisotopic (exact) mass is 404 g/mol. The average Bonchev–Trinajstić information content (AvgIpc) is 3.22. The highest BCUT2D eigenvalue weighted by atomic mass is 79.9. The van der Waals surface area contributed by atoms with Crippen LogP contribution in [0.25, 0.3) is 10.9 Å². The second-order valence-corrected chi connectivity index (χ2v) is 8.53. The lowest BCUT2D eigenvalue weighted by Gasteiger charge is -2.17. The largest absolute Gasteiger partial charge is 0.309 e. The molecule has 6 heteroatoms. The van der Waals surface area contributed by atoms with Crippen LogP contribution in [0.2, 0.25) is 0 Å². The number of hydrogen-bond acceptors (Lipinski definition) is 3. The molecule has 4 nitrogen and oxygen atoms in total. The first-order valence-electron chi connectivity index (χ1n) is 7.93. The van der Waals surface area contributed by atoms with Crippen molar-refractivity contribution in [1.82, 2.24) is 9.29 Å². The molecule has 0 spiro atoms. The Morgan fingerprint density at radius 3 is 2.46 bits per heavy atom. The smallest absolute Gasteiger partial charge is 0.268 e. The quantitative estimate of drug-likeness (QED) is 0.715. The zero-order valence-electron chi connectivity index (χ0n) is 12.9. The van der Waals surface area contributed by atoms with E-state index in [0.29, 0.717) is 10.4 Å². The molecule has 1 aromatic heterocycles. The van der Waals surface area contributed by atoms with Crippen LogP contribution in [0.3, 0.4) is 0 Å². The molecule has 1 saturated heterocycles. The summed E-state index contributed by atoms with van der Waals surface area (Å²) in [6, 6.07) is 16.3. The van der Waals surface area contributed by atoms with Gasteiger partial charge in [0.05, 0.1) is 16.1 Å². The fourth-order valence-corrected chi connectivity index (χ4v) is 5.88. The van der Waals surface area contributed by atoms with Crippen molar-refractivity contribution in [3.63, 3.8) is 0 Å². The van der Waals surface area contributed by atoms with Gasteiger partial charge in [-0.15, -0.1) is 0 Å². The summed E-state index contributed by atoms with van der Waals surface area (Å²) in [6.07, 6.45) is 1.98. The molecule has 0 aliphatic carbocycles. The van der Waals surface area contributed by atoms with Gasteiger partial charge in [-0.2, -0.15) is 0 Å². The number of nitrogens with one attached hydrogen (secondary N) is 1. The molecule has 0 radical (unpaired) electrons. The summed E-state index contributed by atoms with van der Waals surface area (Å²) >= 11 is 3.65. The minimum Gasteiger partial charge on any atom is -0.309 e. The Morgan fingerprint density at radius 2 is 1.75 bits per heavy atom. The van der Waals surface area contributed by atoms with E-state index in [1.165, 1.54) is 3.97 Å². The predicted molar refractivity (Wildman–Crippen MR) is 98.6 cm³/mol. The molecular formula is C18H17BrN2O2S. The highest BCUT2D eigenvalue weighted by molar-refractivity contribution is 9.10. The van der Waals surface area contributed by atoms with Crippen LogP contribution in [0.5, 0.6) is 0 Å². The normalized spacial score (nSPS) is 18.3. The van der Waals surface area contributed by atoms with Gasteiger partial charge in [0.25, 0.3) is 10.0 Å². The van der Waals surface area contributed by atoms with Crippen molar-refractivity contribution in [3.8, 4) is 0 Å². The van der Waals surface area contributed by atoms with E-state index < -0.39 is 10.0 Å². The third-order valence-corrected chi connectivity index (χ3v) is 7.05. The van der Waals surface area contributed by atoms with E-state index in [9.17, 15) is 8.42 Å². The van der Waals surface area contributed by atoms with Crippen LogP contribution in [0.1, 0.15) is 24.6 Å². The Hall–Kier alpha value is -1.63. The molecule has 3 aromatic rings. The minimum absolute atomic E-state index is 0.0327. The summed E-state index contributed by atoms with van der Waals surface area (Å²) in [5.41, 5.74) is 1.49. The molecule has 0 saturated carbocycles. The summed E-state index contributed by atoms with van der Waals surface area (Å²) in [6.45, 7) is 0.907. The number of hydrogen-bond donors (Lipinski definition) is 1. The molecule has 0 bridgehead atoms. The van der Waals surface area contributed by atoms with Crippen LogP contribution in [0.15, 0.2) is 64.0 Å². The molecule has 1 aliphatic heterocycles. The van der Waals surface area contributed by atoms with E-state index in [4.69, 9.17) is 0 Å². The fourth-order valence-electron chi connectivity index (χ4n) is 3.36. The van der Waals surface area contributed by atoms with Crippen LogP contribution in [-0.4, -0.2) is 18.9 Å². The third kappa shape index (κ3) is 2.41. The second kappa shape index (κ2) is 6.02. The maximum atomic E-state index is 13.4. The molecule has 1 N–H and O–H groups in total. The second-order valence-electron chi connectivity index (χ2n) is 5.95. The van der Waals surface area contributed by atoms with Crippen molar-refractivity contribution in [1.29, 1.82) is 0 Å². The van der Waals surface area contributed by atoms with Crippen molar-refractivity contribution < 1.29 is 8.42 Å². The first kappa shape index (κ1) is 15.9. The number of nitrogens with zero attached hydrogens (tertiary/aromatic N) is 1. The number of aromatic nitrogens is 1. The Kier molecular flexibility index (Phi) is 3.98. The van der Waals surface area contributed by atoms with Gasteiger partial charge in [-0.1, -0.05) is 36.4 Å². The molecular weight excluding hydrogens is 388 g/mol. The van der Waals surface area contributed by atoms with Gasteiger partial charge in [0.2, 0.25) is 0 Å². The topological polar surface area (TPSA) is 51.1 Å². The van der Waals surface area contributed by atoms with E-state index in [0.717, 1.165) is 34.9 Å². The summed E-state index contributed by atoms with van der Waals surface area (Å²) in [5, 5.41) is 4.34. The van der Waals surface area contributed by atoms with Gasteiger partial charge in [0, 0.05) is 15.9 Å². The molecule has 0 amide bonds. The molecule has 2 aromatic carbocycles. The zero-order valence-corrected chi connectivity index (χ0v) is 15.3. The fraction of sp³-hybridized carbons (Fsp3) is 0.222. The molecule has 2 heterocycles. The number of benzene rings is 2. The Bertz CT molecular complexity index is 991.